The number of nitriles is 1. The summed E-state index contributed by atoms with van der Waals surface area (Å²) >= 11 is 0. The normalized spacial score (nSPS) is 23.7. The molecule has 1 aromatic rings. The van der Waals surface area contributed by atoms with Crippen molar-refractivity contribution in [3.63, 3.8) is 0 Å². The Morgan fingerprint density at radius 2 is 1.79 bits per heavy atom. The van der Waals surface area contributed by atoms with E-state index < -0.39 is 6.04 Å². The maximum absolute atomic E-state index is 13.1. The molecule has 156 valence electrons. The first-order valence-corrected chi connectivity index (χ1v) is 10.4. The number of carbonyl (C=O) groups excluding carboxylic acids is 2. The summed E-state index contributed by atoms with van der Waals surface area (Å²) in [6.07, 6.45) is 3.30. The fourth-order valence-corrected chi connectivity index (χ4v) is 4.34. The van der Waals surface area contributed by atoms with E-state index in [4.69, 9.17) is 4.74 Å². The summed E-state index contributed by atoms with van der Waals surface area (Å²) in [5.74, 6) is -0.253. The molecule has 0 bridgehead atoms. The molecule has 29 heavy (non-hydrogen) atoms. The minimum Gasteiger partial charge on any atom is -0.496 e. The number of benzene rings is 1. The van der Waals surface area contributed by atoms with Gasteiger partial charge in [-0.1, -0.05) is 31.0 Å². The van der Waals surface area contributed by atoms with Crippen molar-refractivity contribution in [2.75, 3.05) is 40.3 Å². The highest BCUT2D eigenvalue weighted by molar-refractivity contribution is 5.88. The maximum atomic E-state index is 13.1. The van der Waals surface area contributed by atoms with Crippen LogP contribution in [0.2, 0.25) is 0 Å². The van der Waals surface area contributed by atoms with Crippen molar-refractivity contribution in [3.8, 4) is 11.8 Å². The highest BCUT2D eigenvalue weighted by Gasteiger charge is 2.39. The van der Waals surface area contributed by atoms with E-state index in [1.807, 2.05) is 17.0 Å². The molecular weight excluding hydrogens is 368 g/mol. The number of ether oxygens (including phenoxy) is 1. The summed E-state index contributed by atoms with van der Waals surface area (Å²) in [5.41, 5.74) is 0.628. The molecule has 1 saturated heterocycles. The van der Waals surface area contributed by atoms with Crippen LogP contribution >= 0.6 is 0 Å². The predicted octanol–water partition coefficient (Wildman–Crippen LogP) is 1.96. The van der Waals surface area contributed by atoms with Gasteiger partial charge in [0.15, 0.2) is 0 Å². The Bertz CT molecular complexity index is 768. The predicted molar refractivity (Wildman–Crippen MR) is 109 cm³/mol. The highest BCUT2D eigenvalue weighted by atomic mass is 16.5. The van der Waals surface area contributed by atoms with Gasteiger partial charge >= 0.3 is 0 Å². The highest BCUT2D eigenvalue weighted by Crippen LogP contribution is 2.33. The van der Waals surface area contributed by atoms with Crippen molar-refractivity contribution >= 4 is 11.8 Å². The average Bonchev–Trinajstić information content (AvgIpc) is 2.77. The number of methoxy groups -OCH3 is 1. The molecule has 1 aliphatic carbocycles. The van der Waals surface area contributed by atoms with Crippen molar-refractivity contribution in [1.29, 1.82) is 5.26 Å². The summed E-state index contributed by atoms with van der Waals surface area (Å²) < 4.78 is 5.34. The van der Waals surface area contributed by atoms with Crippen molar-refractivity contribution in [1.82, 2.24) is 15.1 Å². The Hall–Kier alpha value is -2.59. The molecular formula is C22H30N4O3. The number of nitrogens with one attached hydrogen (secondary N) is 1. The number of amides is 2. The first-order chi connectivity index (χ1) is 14.0. The minimum absolute atomic E-state index is 0.0868. The average molecular weight is 399 g/mol. The van der Waals surface area contributed by atoms with Gasteiger partial charge in [0.1, 0.15) is 11.8 Å². The van der Waals surface area contributed by atoms with Crippen molar-refractivity contribution in [2.45, 2.75) is 31.7 Å². The summed E-state index contributed by atoms with van der Waals surface area (Å²) in [4.78, 5) is 30.4. The molecule has 1 aromatic carbocycles. The minimum atomic E-state index is -0.806. The summed E-state index contributed by atoms with van der Waals surface area (Å²) in [7, 11) is 3.60. The topological polar surface area (TPSA) is 85.7 Å². The molecule has 2 aliphatic rings. The Morgan fingerprint density at radius 3 is 2.45 bits per heavy atom. The fourth-order valence-electron chi connectivity index (χ4n) is 4.34. The zero-order chi connectivity index (χ0) is 20.8. The molecule has 1 saturated carbocycles. The standard InChI is InChI=1S/C22H30N4O3/c1-25-11-13-26(14-12-25)22(28)17-8-4-3-7-16(17)21(27)24-19(15-23)18-9-5-6-10-20(18)29-2/h5-6,9-10,16-17,19H,3-4,7-8,11-14H2,1-2H3,(H,24,27). The number of para-hydroxylation sites is 1. The van der Waals surface area contributed by atoms with Crippen LogP contribution in [0.1, 0.15) is 37.3 Å². The maximum Gasteiger partial charge on any atom is 0.226 e. The van der Waals surface area contributed by atoms with E-state index in [0.717, 1.165) is 32.4 Å². The number of hydrogen-bond acceptors (Lipinski definition) is 5. The molecule has 2 amide bonds. The lowest BCUT2D eigenvalue weighted by Crippen LogP contribution is -2.52. The van der Waals surface area contributed by atoms with Gasteiger partial charge in [-0.2, -0.15) is 5.26 Å². The first kappa shape index (κ1) is 21.1. The number of likely N-dealkylation sites (N-methyl/N-ethyl adjacent to an activating group) is 1. The number of hydrogen-bond donors (Lipinski definition) is 1. The van der Waals surface area contributed by atoms with Gasteiger partial charge in [-0.15, -0.1) is 0 Å². The van der Waals surface area contributed by atoms with Crippen LogP contribution < -0.4 is 10.1 Å². The Labute approximate surface area is 172 Å². The lowest BCUT2D eigenvalue weighted by molar-refractivity contribution is -0.145. The van der Waals surface area contributed by atoms with Crippen LogP contribution in [0.25, 0.3) is 0 Å². The first-order valence-electron chi connectivity index (χ1n) is 10.4. The SMILES string of the molecule is COc1ccccc1C(C#N)NC(=O)C1CCCCC1C(=O)N1CCN(C)CC1. The number of rotatable bonds is 5. The second-order valence-corrected chi connectivity index (χ2v) is 7.94. The van der Waals surface area contributed by atoms with Gasteiger partial charge in [0.2, 0.25) is 11.8 Å². The van der Waals surface area contributed by atoms with Crippen LogP contribution in [0.4, 0.5) is 0 Å². The zero-order valence-corrected chi connectivity index (χ0v) is 17.3. The molecule has 0 radical (unpaired) electrons. The van der Waals surface area contributed by atoms with E-state index in [1.165, 1.54) is 0 Å². The van der Waals surface area contributed by atoms with Crippen molar-refractivity contribution in [3.05, 3.63) is 29.8 Å². The molecule has 0 aromatic heterocycles. The second-order valence-electron chi connectivity index (χ2n) is 7.94. The summed E-state index contributed by atoms with van der Waals surface area (Å²) in [6.45, 7) is 3.14. The quantitative estimate of drug-likeness (QED) is 0.819. The second kappa shape index (κ2) is 9.75. The zero-order valence-electron chi connectivity index (χ0n) is 17.3. The van der Waals surface area contributed by atoms with Crippen LogP contribution in [-0.2, 0) is 9.59 Å². The third kappa shape index (κ3) is 4.88. The lowest BCUT2D eigenvalue weighted by atomic mass is 9.77. The molecule has 2 fully saturated rings. The molecule has 7 nitrogen and oxygen atoms in total. The van der Waals surface area contributed by atoms with Gasteiger partial charge in [-0.25, -0.2) is 0 Å². The lowest BCUT2D eigenvalue weighted by Gasteiger charge is -2.38. The number of nitrogens with zero attached hydrogens (tertiary/aromatic N) is 3. The monoisotopic (exact) mass is 398 g/mol. The largest absolute Gasteiger partial charge is 0.496 e. The number of carbonyl (C=O) groups is 2. The van der Waals surface area contributed by atoms with E-state index in [0.29, 0.717) is 30.8 Å². The summed E-state index contributed by atoms with van der Waals surface area (Å²) in [6, 6.07) is 8.54. The molecule has 3 atom stereocenters. The van der Waals surface area contributed by atoms with Gasteiger partial charge in [-0.3, -0.25) is 9.59 Å². The van der Waals surface area contributed by atoms with Gasteiger partial charge in [0, 0.05) is 43.6 Å². The Morgan fingerprint density at radius 1 is 1.14 bits per heavy atom. The van der Waals surface area contributed by atoms with Crippen LogP contribution in [0.5, 0.6) is 5.75 Å². The van der Waals surface area contributed by atoms with Crippen LogP contribution in [0, 0.1) is 23.2 Å². The molecule has 1 N–H and O–H groups in total. The van der Waals surface area contributed by atoms with Crippen LogP contribution in [-0.4, -0.2) is 62.0 Å². The van der Waals surface area contributed by atoms with Gasteiger partial charge in [0.05, 0.1) is 13.2 Å². The van der Waals surface area contributed by atoms with Crippen LogP contribution in [0.15, 0.2) is 24.3 Å². The molecule has 1 aliphatic heterocycles. The molecule has 3 unspecified atom stereocenters. The molecule has 0 spiro atoms. The summed E-state index contributed by atoms with van der Waals surface area (Å²) in [5, 5.41) is 12.5. The molecule has 3 rings (SSSR count). The third-order valence-corrected chi connectivity index (χ3v) is 6.10. The van der Waals surface area contributed by atoms with Gasteiger partial charge in [0.25, 0.3) is 0 Å². The Balaban J connectivity index is 1.72. The van der Waals surface area contributed by atoms with Crippen molar-refractivity contribution in [2.24, 2.45) is 11.8 Å². The van der Waals surface area contributed by atoms with Gasteiger partial charge in [-0.05, 0) is 26.0 Å². The van der Waals surface area contributed by atoms with Crippen molar-refractivity contribution < 1.29 is 14.3 Å². The van der Waals surface area contributed by atoms with Gasteiger partial charge < -0.3 is 19.9 Å². The third-order valence-electron chi connectivity index (χ3n) is 6.10. The van der Waals surface area contributed by atoms with E-state index in [9.17, 15) is 14.9 Å². The fraction of sp³-hybridized carbons (Fsp3) is 0.591. The molecule has 1 heterocycles. The number of piperazine rings is 1. The van der Waals surface area contributed by atoms with Crippen LogP contribution in [0.3, 0.4) is 0 Å². The van der Waals surface area contributed by atoms with E-state index in [1.54, 1.807) is 19.2 Å². The van der Waals surface area contributed by atoms with E-state index >= 15 is 0 Å². The Kier molecular flexibility index (Phi) is 7.10. The van der Waals surface area contributed by atoms with E-state index in [2.05, 4.69) is 23.3 Å². The van der Waals surface area contributed by atoms with E-state index in [-0.39, 0.29) is 23.7 Å². The smallest absolute Gasteiger partial charge is 0.226 e. The molecule has 7 heteroatoms.